The molecule has 15 heavy (non-hydrogen) atoms. The molecule has 5 nitrogen and oxygen atoms in total. The Hall–Kier alpha value is -1.36. The van der Waals surface area contributed by atoms with Gasteiger partial charge in [-0.15, -0.1) is 0 Å². The van der Waals surface area contributed by atoms with E-state index in [1.54, 1.807) is 17.8 Å². The number of hydrogen-bond acceptors (Lipinski definition) is 4. The van der Waals surface area contributed by atoms with E-state index in [1.807, 2.05) is 0 Å². The van der Waals surface area contributed by atoms with Crippen LogP contribution in [0.2, 0.25) is 0 Å². The number of ether oxygens (including phenoxy) is 2. The number of nitrogens with zero attached hydrogens (tertiary/aromatic N) is 2. The summed E-state index contributed by atoms with van der Waals surface area (Å²) < 4.78 is 11.9. The maximum atomic E-state index is 11.4. The van der Waals surface area contributed by atoms with E-state index in [9.17, 15) is 4.79 Å². The zero-order valence-corrected chi connectivity index (χ0v) is 8.68. The van der Waals surface area contributed by atoms with Crippen molar-refractivity contribution in [1.82, 2.24) is 9.78 Å². The molecule has 0 aliphatic carbocycles. The van der Waals surface area contributed by atoms with E-state index < -0.39 is 0 Å². The molecule has 0 aromatic carbocycles. The minimum absolute atomic E-state index is 0.258. The van der Waals surface area contributed by atoms with Crippen LogP contribution >= 0.6 is 0 Å². The zero-order chi connectivity index (χ0) is 10.7. The number of esters is 1. The van der Waals surface area contributed by atoms with Gasteiger partial charge < -0.3 is 9.47 Å². The first-order valence-electron chi connectivity index (χ1n) is 5.10. The molecule has 0 spiro atoms. The molecule has 1 aromatic rings. The van der Waals surface area contributed by atoms with Crippen molar-refractivity contribution in [2.45, 2.75) is 19.4 Å². The Balaban J connectivity index is 2.06. The summed E-state index contributed by atoms with van der Waals surface area (Å²) in [7, 11) is 0. The lowest BCUT2D eigenvalue weighted by molar-refractivity contribution is 0.0526. The molecular formula is C10H14N2O3. The van der Waals surface area contributed by atoms with Crippen molar-refractivity contribution in [3.05, 3.63) is 18.0 Å². The molecular weight excluding hydrogens is 196 g/mol. The van der Waals surface area contributed by atoms with Gasteiger partial charge in [0.1, 0.15) is 0 Å². The molecule has 82 valence electrons. The van der Waals surface area contributed by atoms with Crippen molar-refractivity contribution in [2.24, 2.45) is 0 Å². The molecule has 1 saturated heterocycles. The Kier molecular flexibility index (Phi) is 3.01. The Morgan fingerprint density at radius 2 is 2.67 bits per heavy atom. The molecule has 2 rings (SSSR count). The fraction of sp³-hybridized carbons (Fsp3) is 0.600. The van der Waals surface area contributed by atoms with Gasteiger partial charge in [-0.25, -0.2) is 4.79 Å². The van der Waals surface area contributed by atoms with Crippen molar-refractivity contribution in [2.75, 3.05) is 19.8 Å². The highest BCUT2D eigenvalue weighted by atomic mass is 16.5. The minimum atomic E-state index is -0.317. The smallest absolute Gasteiger partial charge is 0.341 e. The summed E-state index contributed by atoms with van der Waals surface area (Å²) in [6.45, 7) is 3.60. The fourth-order valence-corrected chi connectivity index (χ4v) is 1.59. The van der Waals surface area contributed by atoms with E-state index in [0.717, 1.165) is 13.0 Å². The number of hydrogen-bond donors (Lipinski definition) is 0. The van der Waals surface area contributed by atoms with Crippen LogP contribution < -0.4 is 0 Å². The van der Waals surface area contributed by atoms with Crippen LogP contribution in [0.4, 0.5) is 0 Å². The predicted octanol–water partition coefficient (Wildman–Crippen LogP) is 1.02. The van der Waals surface area contributed by atoms with Gasteiger partial charge in [-0.2, -0.15) is 5.10 Å². The van der Waals surface area contributed by atoms with Crippen LogP contribution in [0.5, 0.6) is 0 Å². The van der Waals surface area contributed by atoms with Gasteiger partial charge in [-0.1, -0.05) is 0 Å². The number of aromatic nitrogens is 2. The lowest BCUT2D eigenvalue weighted by Crippen LogP contribution is -2.09. The van der Waals surface area contributed by atoms with E-state index in [0.29, 0.717) is 18.8 Å². The van der Waals surface area contributed by atoms with Crippen molar-refractivity contribution in [3.8, 4) is 0 Å². The second-order valence-electron chi connectivity index (χ2n) is 3.45. The normalized spacial score (nSPS) is 20.5. The SMILES string of the molecule is CCOC(=O)c1cnn([C@H]2CCOC2)c1. The van der Waals surface area contributed by atoms with Gasteiger partial charge in [0.2, 0.25) is 0 Å². The monoisotopic (exact) mass is 210 g/mol. The molecule has 5 heteroatoms. The Bertz CT molecular complexity index is 342. The molecule has 1 aromatic heterocycles. The van der Waals surface area contributed by atoms with Crippen LogP contribution in [0.3, 0.4) is 0 Å². The van der Waals surface area contributed by atoms with Crippen LogP contribution in [0.1, 0.15) is 29.7 Å². The van der Waals surface area contributed by atoms with Crippen molar-refractivity contribution in [3.63, 3.8) is 0 Å². The predicted molar refractivity (Wildman–Crippen MR) is 52.7 cm³/mol. The van der Waals surface area contributed by atoms with Gasteiger partial charge in [0.25, 0.3) is 0 Å². The molecule has 0 saturated carbocycles. The lowest BCUT2D eigenvalue weighted by Gasteiger charge is -2.06. The van der Waals surface area contributed by atoms with Gasteiger partial charge in [-0.05, 0) is 13.3 Å². The van der Waals surface area contributed by atoms with Gasteiger partial charge in [0, 0.05) is 12.8 Å². The van der Waals surface area contributed by atoms with Crippen LogP contribution in [0.25, 0.3) is 0 Å². The van der Waals surface area contributed by atoms with Gasteiger partial charge >= 0.3 is 5.97 Å². The maximum Gasteiger partial charge on any atom is 0.341 e. The standard InChI is InChI=1S/C10H14N2O3/c1-2-15-10(13)8-5-11-12(6-8)9-3-4-14-7-9/h5-6,9H,2-4,7H2,1H3/t9-/m0/s1. The topological polar surface area (TPSA) is 53.3 Å². The number of carbonyl (C=O) groups is 1. The summed E-state index contributed by atoms with van der Waals surface area (Å²) >= 11 is 0. The minimum Gasteiger partial charge on any atom is -0.462 e. The van der Waals surface area contributed by atoms with Crippen LogP contribution in [-0.4, -0.2) is 35.6 Å². The third-order valence-corrected chi connectivity index (χ3v) is 2.39. The van der Waals surface area contributed by atoms with Gasteiger partial charge in [0.05, 0.1) is 31.0 Å². The van der Waals surface area contributed by atoms with Crippen LogP contribution in [0.15, 0.2) is 12.4 Å². The number of rotatable bonds is 3. The Morgan fingerprint density at radius 3 is 3.33 bits per heavy atom. The maximum absolute atomic E-state index is 11.4. The zero-order valence-electron chi connectivity index (χ0n) is 8.68. The average molecular weight is 210 g/mol. The molecule has 0 bridgehead atoms. The molecule has 1 aliphatic rings. The van der Waals surface area contributed by atoms with E-state index in [4.69, 9.17) is 9.47 Å². The molecule has 0 amide bonds. The fourth-order valence-electron chi connectivity index (χ4n) is 1.59. The van der Waals surface area contributed by atoms with Crippen LogP contribution in [-0.2, 0) is 9.47 Å². The second kappa shape index (κ2) is 4.44. The summed E-state index contributed by atoms with van der Waals surface area (Å²) in [5.74, 6) is -0.317. The third-order valence-electron chi connectivity index (χ3n) is 2.39. The van der Waals surface area contributed by atoms with Gasteiger partial charge in [-0.3, -0.25) is 4.68 Å². The quantitative estimate of drug-likeness (QED) is 0.699. The van der Waals surface area contributed by atoms with E-state index >= 15 is 0 Å². The average Bonchev–Trinajstić information content (AvgIpc) is 2.89. The highest BCUT2D eigenvalue weighted by molar-refractivity contribution is 5.88. The highest BCUT2D eigenvalue weighted by Gasteiger charge is 2.19. The summed E-state index contributed by atoms with van der Waals surface area (Å²) in [5, 5.41) is 4.14. The van der Waals surface area contributed by atoms with Crippen LogP contribution in [0, 0.1) is 0 Å². The summed E-state index contributed by atoms with van der Waals surface area (Å²) in [4.78, 5) is 11.4. The molecule has 0 unspecified atom stereocenters. The first kappa shape index (κ1) is 10.2. The molecule has 0 N–H and O–H groups in total. The van der Waals surface area contributed by atoms with E-state index in [1.165, 1.54) is 6.20 Å². The van der Waals surface area contributed by atoms with Crippen molar-refractivity contribution < 1.29 is 14.3 Å². The van der Waals surface area contributed by atoms with Crippen molar-refractivity contribution >= 4 is 5.97 Å². The largest absolute Gasteiger partial charge is 0.462 e. The molecule has 0 radical (unpaired) electrons. The molecule has 1 fully saturated rings. The molecule has 1 atom stereocenters. The molecule has 2 heterocycles. The second-order valence-corrected chi connectivity index (χ2v) is 3.45. The third kappa shape index (κ3) is 2.18. The summed E-state index contributed by atoms with van der Waals surface area (Å²) in [6.07, 6.45) is 4.21. The van der Waals surface area contributed by atoms with E-state index in [2.05, 4.69) is 5.10 Å². The van der Waals surface area contributed by atoms with E-state index in [-0.39, 0.29) is 12.0 Å². The first-order chi connectivity index (χ1) is 7.31. The first-order valence-corrected chi connectivity index (χ1v) is 5.10. The summed E-state index contributed by atoms with van der Waals surface area (Å²) in [6, 6.07) is 0.258. The number of carbonyl (C=O) groups excluding carboxylic acids is 1. The Labute approximate surface area is 88.0 Å². The summed E-state index contributed by atoms with van der Waals surface area (Å²) in [5.41, 5.74) is 0.503. The van der Waals surface area contributed by atoms with Crippen molar-refractivity contribution in [1.29, 1.82) is 0 Å². The Morgan fingerprint density at radius 1 is 1.80 bits per heavy atom. The van der Waals surface area contributed by atoms with Gasteiger partial charge in [0.15, 0.2) is 0 Å². The highest BCUT2D eigenvalue weighted by Crippen LogP contribution is 2.18. The lowest BCUT2D eigenvalue weighted by atomic mass is 10.3. The molecule has 1 aliphatic heterocycles.